The highest BCUT2D eigenvalue weighted by Crippen LogP contribution is 2.37. The molecular formula is C23H28N6O5S2. The Hall–Kier alpha value is -3.03. The molecule has 1 N–H and O–H groups in total. The molecule has 0 saturated carbocycles. The first-order valence-corrected chi connectivity index (χ1v) is 14.4. The lowest BCUT2D eigenvalue weighted by atomic mass is 10.0. The number of fused-ring (bicyclic) bond motifs is 1. The molecule has 1 aromatic carbocycles. The number of sulfonamides is 1. The van der Waals surface area contributed by atoms with Gasteiger partial charge in [-0.05, 0) is 19.1 Å². The average Bonchev–Trinajstić information content (AvgIpc) is 3.52. The van der Waals surface area contributed by atoms with Crippen molar-refractivity contribution in [1.82, 2.24) is 24.6 Å². The monoisotopic (exact) mass is 532 g/mol. The minimum atomic E-state index is -3.22. The van der Waals surface area contributed by atoms with Crippen molar-refractivity contribution in [2.75, 3.05) is 51.0 Å². The summed E-state index contributed by atoms with van der Waals surface area (Å²) in [6.45, 7) is 4.34. The minimum Gasteiger partial charge on any atom is -0.489 e. The van der Waals surface area contributed by atoms with Gasteiger partial charge in [0.05, 0.1) is 41.0 Å². The van der Waals surface area contributed by atoms with E-state index in [9.17, 15) is 13.2 Å². The molecule has 0 radical (unpaired) electrons. The van der Waals surface area contributed by atoms with Crippen LogP contribution in [0.25, 0.3) is 21.5 Å². The van der Waals surface area contributed by atoms with E-state index in [0.717, 1.165) is 15.8 Å². The number of hydrogen-bond donors (Lipinski definition) is 1. The van der Waals surface area contributed by atoms with Crippen molar-refractivity contribution in [1.29, 1.82) is 0 Å². The van der Waals surface area contributed by atoms with Crippen molar-refractivity contribution in [3.63, 3.8) is 0 Å². The van der Waals surface area contributed by atoms with Gasteiger partial charge in [0.1, 0.15) is 11.9 Å². The van der Waals surface area contributed by atoms with E-state index in [1.807, 2.05) is 24.0 Å². The highest BCUT2D eigenvalue weighted by Gasteiger charge is 2.29. The van der Waals surface area contributed by atoms with Crippen molar-refractivity contribution in [3.8, 4) is 22.9 Å². The van der Waals surface area contributed by atoms with E-state index in [1.165, 1.54) is 21.9 Å². The van der Waals surface area contributed by atoms with Gasteiger partial charge in [-0.25, -0.2) is 23.4 Å². The zero-order valence-electron chi connectivity index (χ0n) is 20.3. The van der Waals surface area contributed by atoms with Crippen LogP contribution in [-0.4, -0.2) is 85.8 Å². The van der Waals surface area contributed by atoms with Gasteiger partial charge in [0, 0.05) is 50.6 Å². The predicted octanol–water partition coefficient (Wildman–Crippen LogP) is 1.75. The molecule has 0 bridgehead atoms. The number of amides is 1. The molecule has 0 unspecified atom stereocenters. The van der Waals surface area contributed by atoms with Crippen LogP contribution in [0.1, 0.15) is 13.3 Å². The van der Waals surface area contributed by atoms with E-state index in [0.29, 0.717) is 62.3 Å². The molecule has 4 heterocycles. The minimum absolute atomic E-state index is 0.0485. The van der Waals surface area contributed by atoms with E-state index in [4.69, 9.17) is 14.5 Å². The Bertz CT molecular complexity index is 1390. The first kappa shape index (κ1) is 24.7. The van der Waals surface area contributed by atoms with Crippen LogP contribution in [0, 0.1) is 5.92 Å². The number of nitrogens with one attached hydrogen (secondary N) is 1. The molecule has 2 fully saturated rings. The summed E-state index contributed by atoms with van der Waals surface area (Å²) in [7, 11) is -1.68. The standard InChI is InChI=1S/C23H28N6O5S2/c1-14(16-10-20(30)24-11-16)34-19-9-15(8-17-21(19)35-13-26-17)18-12-25-22(23(27-18)33-2)28-4-6-29(7-5-28)36(3,31)32/h8-9,12-14,16H,4-7,10-11H2,1-3H3,(H,24,30)/t14-,16-/m1/s1. The molecule has 0 spiro atoms. The SMILES string of the molecule is COc1nc(-c2cc(O[C@H](C)[C@H]3CNC(=O)C3)c3scnc3c2)cnc1N1CCN(S(C)(=O)=O)CC1. The fourth-order valence-corrected chi connectivity index (χ4v) is 6.07. The average molecular weight is 533 g/mol. The Labute approximate surface area is 213 Å². The highest BCUT2D eigenvalue weighted by molar-refractivity contribution is 7.88. The Balaban J connectivity index is 1.41. The van der Waals surface area contributed by atoms with Gasteiger partial charge in [0.15, 0.2) is 5.82 Å². The van der Waals surface area contributed by atoms with Crippen molar-refractivity contribution in [2.45, 2.75) is 19.4 Å². The maximum Gasteiger partial charge on any atom is 0.257 e. The molecule has 11 nitrogen and oxygen atoms in total. The highest BCUT2D eigenvalue weighted by atomic mass is 32.2. The van der Waals surface area contributed by atoms with Gasteiger partial charge in [0.25, 0.3) is 5.88 Å². The number of anilines is 1. The lowest BCUT2D eigenvalue weighted by molar-refractivity contribution is -0.119. The second kappa shape index (κ2) is 9.79. The van der Waals surface area contributed by atoms with Gasteiger partial charge < -0.3 is 19.7 Å². The number of methoxy groups -OCH3 is 1. The van der Waals surface area contributed by atoms with E-state index < -0.39 is 10.0 Å². The third-order valence-corrected chi connectivity index (χ3v) is 8.76. The van der Waals surface area contributed by atoms with E-state index >= 15 is 0 Å². The maximum absolute atomic E-state index is 11.8. The number of benzene rings is 1. The number of rotatable bonds is 7. The third-order valence-electron chi connectivity index (χ3n) is 6.60. The summed E-state index contributed by atoms with van der Waals surface area (Å²) in [6, 6.07) is 3.87. The number of carbonyl (C=O) groups excluding carboxylic acids is 1. The molecule has 192 valence electrons. The topological polar surface area (TPSA) is 127 Å². The summed E-state index contributed by atoms with van der Waals surface area (Å²) in [5.74, 6) is 1.79. The molecule has 1 amide bonds. The molecule has 2 aliphatic heterocycles. The van der Waals surface area contributed by atoms with Crippen LogP contribution in [-0.2, 0) is 14.8 Å². The lowest BCUT2D eigenvalue weighted by Crippen LogP contribution is -2.48. The molecular weight excluding hydrogens is 504 g/mol. The normalized spacial score (nSPS) is 19.9. The van der Waals surface area contributed by atoms with Crippen molar-refractivity contribution < 1.29 is 22.7 Å². The van der Waals surface area contributed by atoms with Gasteiger partial charge in [-0.3, -0.25) is 4.79 Å². The zero-order valence-corrected chi connectivity index (χ0v) is 21.9. The summed E-state index contributed by atoms with van der Waals surface area (Å²) >= 11 is 1.50. The van der Waals surface area contributed by atoms with Gasteiger partial charge in [-0.15, -0.1) is 11.3 Å². The Morgan fingerprint density at radius 1 is 1.19 bits per heavy atom. The molecule has 0 aliphatic carbocycles. The van der Waals surface area contributed by atoms with Gasteiger partial charge in [-0.1, -0.05) is 0 Å². The second-order valence-electron chi connectivity index (χ2n) is 9.00. The predicted molar refractivity (Wildman–Crippen MR) is 137 cm³/mol. The molecule has 2 aliphatic rings. The number of hydrogen-bond acceptors (Lipinski definition) is 10. The van der Waals surface area contributed by atoms with Crippen molar-refractivity contribution in [2.24, 2.45) is 5.92 Å². The zero-order chi connectivity index (χ0) is 25.4. The van der Waals surface area contributed by atoms with Crippen LogP contribution in [0.4, 0.5) is 5.82 Å². The summed E-state index contributed by atoms with van der Waals surface area (Å²) < 4.78 is 38.0. The Morgan fingerprint density at radius 2 is 1.97 bits per heavy atom. The van der Waals surface area contributed by atoms with Crippen LogP contribution in [0.2, 0.25) is 0 Å². The maximum atomic E-state index is 11.8. The van der Waals surface area contributed by atoms with E-state index in [2.05, 4.69) is 15.3 Å². The fraction of sp³-hybridized carbons (Fsp3) is 0.478. The molecule has 2 saturated heterocycles. The molecule has 2 atom stereocenters. The first-order chi connectivity index (χ1) is 17.2. The van der Waals surface area contributed by atoms with Gasteiger partial charge in [-0.2, -0.15) is 4.31 Å². The quantitative estimate of drug-likeness (QED) is 0.484. The van der Waals surface area contributed by atoms with E-state index in [1.54, 1.807) is 18.8 Å². The lowest BCUT2D eigenvalue weighted by Gasteiger charge is -2.34. The molecule has 3 aromatic rings. The Kier molecular flexibility index (Phi) is 6.70. The number of nitrogens with zero attached hydrogens (tertiary/aromatic N) is 5. The van der Waals surface area contributed by atoms with Crippen molar-refractivity contribution >= 4 is 43.3 Å². The Morgan fingerprint density at radius 3 is 2.64 bits per heavy atom. The fourth-order valence-electron chi connectivity index (χ4n) is 4.52. The van der Waals surface area contributed by atoms with Crippen LogP contribution in [0.3, 0.4) is 0 Å². The number of carbonyl (C=O) groups is 1. The smallest absolute Gasteiger partial charge is 0.257 e. The van der Waals surface area contributed by atoms with Crippen LogP contribution < -0.4 is 19.7 Å². The van der Waals surface area contributed by atoms with Crippen molar-refractivity contribution in [3.05, 3.63) is 23.8 Å². The number of piperazine rings is 1. The van der Waals surface area contributed by atoms with Crippen LogP contribution in [0.5, 0.6) is 11.6 Å². The number of ether oxygens (including phenoxy) is 2. The van der Waals surface area contributed by atoms with Gasteiger partial charge >= 0.3 is 0 Å². The molecule has 5 rings (SSSR count). The van der Waals surface area contributed by atoms with Gasteiger partial charge in [0.2, 0.25) is 15.9 Å². The van der Waals surface area contributed by atoms with Crippen LogP contribution >= 0.6 is 11.3 Å². The number of thiazole rings is 1. The summed E-state index contributed by atoms with van der Waals surface area (Å²) in [6.07, 6.45) is 3.20. The van der Waals surface area contributed by atoms with E-state index in [-0.39, 0.29) is 17.9 Å². The largest absolute Gasteiger partial charge is 0.489 e. The van der Waals surface area contributed by atoms with Crippen LogP contribution in [0.15, 0.2) is 23.8 Å². The summed E-state index contributed by atoms with van der Waals surface area (Å²) in [5, 5.41) is 2.86. The molecule has 36 heavy (non-hydrogen) atoms. The third kappa shape index (κ3) is 4.95. The first-order valence-electron chi connectivity index (χ1n) is 11.6. The summed E-state index contributed by atoms with van der Waals surface area (Å²) in [5.41, 5.74) is 3.96. The second-order valence-corrected chi connectivity index (χ2v) is 11.8. The number of aromatic nitrogens is 3. The molecule has 2 aromatic heterocycles. The molecule has 13 heteroatoms. The summed E-state index contributed by atoms with van der Waals surface area (Å²) in [4.78, 5) is 27.4.